The van der Waals surface area contributed by atoms with Gasteiger partial charge in [-0.3, -0.25) is 4.90 Å². The van der Waals surface area contributed by atoms with E-state index >= 15 is 0 Å². The minimum atomic E-state index is -0.932. The third kappa shape index (κ3) is 2.03. The highest BCUT2D eigenvalue weighted by atomic mass is 16.4. The van der Waals surface area contributed by atoms with Crippen molar-refractivity contribution < 1.29 is 9.90 Å². The van der Waals surface area contributed by atoms with Crippen molar-refractivity contribution in [3.05, 3.63) is 34.9 Å². The molecule has 0 radical (unpaired) electrons. The molecule has 3 nitrogen and oxygen atoms in total. The van der Waals surface area contributed by atoms with Crippen molar-refractivity contribution in [1.29, 1.82) is 0 Å². The molecule has 1 N–H and O–H groups in total. The first-order chi connectivity index (χ1) is 8.37. The van der Waals surface area contributed by atoms with Crippen LogP contribution in [-0.4, -0.2) is 29.1 Å². The molecular formula is C15H21NO2. The van der Waals surface area contributed by atoms with Crippen molar-refractivity contribution in [2.75, 3.05) is 7.05 Å². The number of hydrogen-bond donors (Lipinski definition) is 1. The smallest absolute Gasteiger partial charge is 0.328 e. The fourth-order valence-corrected chi connectivity index (χ4v) is 2.64. The van der Waals surface area contributed by atoms with Crippen molar-refractivity contribution in [2.24, 2.45) is 0 Å². The molecular weight excluding hydrogens is 226 g/mol. The number of benzene rings is 1. The first kappa shape index (κ1) is 13.1. The van der Waals surface area contributed by atoms with Crippen LogP contribution in [0.15, 0.2) is 18.2 Å². The Morgan fingerprint density at radius 2 is 2.00 bits per heavy atom. The molecule has 0 amide bonds. The van der Waals surface area contributed by atoms with E-state index in [4.69, 9.17) is 0 Å². The van der Waals surface area contributed by atoms with Crippen molar-refractivity contribution in [3.8, 4) is 0 Å². The number of carbonyl (C=O) groups is 1. The van der Waals surface area contributed by atoms with Crippen LogP contribution in [0.5, 0.6) is 0 Å². The molecule has 0 saturated heterocycles. The van der Waals surface area contributed by atoms with Gasteiger partial charge in [-0.1, -0.05) is 23.8 Å². The molecule has 1 unspecified atom stereocenters. The monoisotopic (exact) mass is 247 g/mol. The topological polar surface area (TPSA) is 40.5 Å². The molecule has 1 aliphatic rings. The zero-order valence-corrected chi connectivity index (χ0v) is 11.5. The summed E-state index contributed by atoms with van der Waals surface area (Å²) in [7, 11) is 1.92. The lowest BCUT2D eigenvalue weighted by Crippen LogP contribution is -2.49. The predicted octanol–water partition coefficient (Wildman–Crippen LogP) is 2.70. The molecule has 0 heterocycles. The molecule has 1 aliphatic carbocycles. The van der Waals surface area contributed by atoms with Gasteiger partial charge in [0.2, 0.25) is 0 Å². The van der Waals surface area contributed by atoms with E-state index < -0.39 is 11.5 Å². The first-order valence-corrected chi connectivity index (χ1v) is 6.41. The molecule has 98 valence electrons. The van der Waals surface area contributed by atoms with E-state index in [1.807, 2.05) is 44.9 Å². The zero-order chi connectivity index (χ0) is 13.5. The fraction of sp³-hybridized carbons (Fsp3) is 0.533. The number of aryl methyl sites for hydroxylation is 2. The predicted molar refractivity (Wildman–Crippen MR) is 71.7 cm³/mol. The van der Waals surface area contributed by atoms with Crippen LogP contribution in [0.2, 0.25) is 0 Å². The van der Waals surface area contributed by atoms with Crippen LogP contribution >= 0.6 is 0 Å². The number of carboxylic acid groups (broad SMARTS) is 1. The van der Waals surface area contributed by atoms with E-state index in [1.165, 1.54) is 0 Å². The van der Waals surface area contributed by atoms with Gasteiger partial charge in [-0.25, -0.2) is 4.79 Å². The molecule has 1 aromatic rings. The van der Waals surface area contributed by atoms with Gasteiger partial charge in [0.25, 0.3) is 0 Å². The van der Waals surface area contributed by atoms with Gasteiger partial charge in [0, 0.05) is 6.04 Å². The number of carboxylic acids is 1. The van der Waals surface area contributed by atoms with Crippen molar-refractivity contribution in [1.82, 2.24) is 4.90 Å². The minimum absolute atomic E-state index is 0.409. The van der Waals surface area contributed by atoms with Crippen LogP contribution in [0.1, 0.15) is 36.5 Å². The Hall–Kier alpha value is -1.35. The second kappa shape index (κ2) is 4.39. The summed E-state index contributed by atoms with van der Waals surface area (Å²) in [6.07, 6.45) is 2.20. The van der Waals surface area contributed by atoms with Crippen LogP contribution in [0.4, 0.5) is 0 Å². The van der Waals surface area contributed by atoms with E-state index in [1.54, 1.807) is 0 Å². The second-order valence-electron chi connectivity index (χ2n) is 5.54. The highest BCUT2D eigenvalue weighted by Gasteiger charge is 2.46. The maximum absolute atomic E-state index is 11.8. The summed E-state index contributed by atoms with van der Waals surface area (Å²) < 4.78 is 0. The average molecular weight is 247 g/mol. The molecule has 1 saturated carbocycles. The minimum Gasteiger partial charge on any atom is -0.480 e. The van der Waals surface area contributed by atoms with Gasteiger partial charge in [0.1, 0.15) is 5.54 Å². The number of rotatable bonds is 4. The molecule has 0 aliphatic heterocycles. The summed E-state index contributed by atoms with van der Waals surface area (Å²) in [6, 6.07) is 6.41. The lowest BCUT2D eigenvalue weighted by molar-refractivity contribution is -0.150. The Kier molecular flexibility index (Phi) is 3.20. The number of aliphatic carboxylic acids is 1. The summed E-state index contributed by atoms with van der Waals surface area (Å²) >= 11 is 0. The zero-order valence-electron chi connectivity index (χ0n) is 11.5. The summed E-state index contributed by atoms with van der Waals surface area (Å²) in [6.45, 7) is 5.83. The molecule has 18 heavy (non-hydrogen) atoms. The molecule has 0 aromatic heterocycles. The maximum Gasteiger partial charge on any atom is 0.328 e. The molecule has 3 heteroatoms. The van der Waals surface area contributed by atoms with Crippen molar-refractivity contribution >= 4 is 5.97 Å². The van der Waals surface area contributed by atoms with Crippen molar-refractivity contribution in [3.63, 3.8) is 0 Å². The van der Waals surface area contributed by atoms with Crippen LogP contribution < -0.4 is 0 Å². The van der Waals surface area contributed by atoms with Gasteiger partial charge >= 0.3 is 5.97 Å². The third-order valence-electron chi connectivity index (χ3n) is 4.12. The fourth-order valence-electron chi connectivity index (χ4n) is 2.64. The molecule has 0 spiro atoms. The van der Waals surface area contributed by atoms with Gasteiger partial charge in [0.15, 0.2) is 0 Å². The molecule has 0 bridgehead atoms. The van der Waals surface area contributed by atoms with Gasteiger partial charge in [-0.2, -0.15) is 0 Å². The first-order valence-electron chi connectivity index (χ1n) is 6.41. The van der Waals surface area contributed by atoms with Crippen LogP contribution in [0, 0.1) is 13.8 Å². The van der Waals surface area contributed by atoms with Crippen LogP contribution in [-0.2, 0) is 10.3 Å². The largest absolute Gasteiger partial charge is 0.480 e. The third-order valence-corrected chi connectivity index (χ3v) is 4.12. The second-order valence-corrected chi connectivity index (χ2v) is 5.54. The van der Waals surface area contributed by atoms with Crippen LogP contribution in [0.3, 0.4) is 0 Å². The van der Waals surface area contributed by atoms with Crippen molar-refractivity contribution in [2.45, 2.75) is 45.2 Å². The van der Waals surface area contributed by atoms with Gasteiger partial charge < -0.3 is 5.11 Å². The molecule has 1 atom stereocenters. The van der Waals surface area contributed by atoms with E-state index in [9.17, 15) is 9.90 Å². The maximum atomic E-state index is 11.8. The average Bonchev–Trinajstić information content (AvgIpc) is 3.10. The Labute approximate surface area is 108 Å². The van der Waals surface area contributed by atoms with E-state index in [0.717, 1.165) is 29.5 Å². The number of hydrogen-bond acceptors (Lipinski definition) is 2. The lowest BCUT2D eigenvalue weighted by Gasteiger charge is -2.36. The summed E-state index contributed by atoms with van der Waals surface area (Å²) in [5, 5.41) is 9.69. The van der Waals surface area contributed by atoms with E-state index in [-0.39, 0.29) is 0 Å². The summed E-state index contributed by atoms with van der Waals surface area (Å²) in [5.41, 5.74) is 2.18. The van der Waals surface area contributed by atoms with Crippen LogP contribution in [0.25, 0.3) is 0 Å². The molecule has 2 rings (SSSR count). The Morgan fingerprint density at radius 3 is 2.44 bits per heavy atom. The highest BCUT2D eigenvalue weighted by Crippen LogP contribution is 2.38. The number of likely N-dealkylation sites (N-methyl/N-ethyl adjacent to an activating group) is 1. The summed E-state index contributed by atoms with van der Waals surface area (Å²) in [4.78, 5) is 13.8. The van der Waals surface area contributed by atoms with Gasteiger partial charge in [-0.05, 0) is 51.8 Å². The Balaban J connectivity index is 2.49. The highest BCUT2D eigenvalue weighted by molar-refractivity contribution is 5.81. The normalized spacial score (nSPS) is 18.7. The van der Waals surface area contributed by atoms with Gasteiger partial charge in [-0.15, -0.1) is 0 Å². The Morgan fingerprint density at radius 1 is 1.39 bits per heavy atom. The molecule has 1 fully saturated rings. The number of nitrogens with zero attached hydrogens (tertiary/aromatic N) is 1. The Bertz CT molecular complexity index is 479. The molecule has 1 aromatic carbocycles. The quantitative estimate of drug-likeness (QED) is 0.889. The van der Waals surface area contributed by atoms with E-state index in [0.29, 0.717) is 6.04 Å². The van der Waals surface area contributed by atoms with E-state index in [2.05, 4.69) is 6.07 Å². The standard InChI is InChI=1S/C15H21NO2/c1-10-5-8-13(11(2)9-10)15(3,14(17)18)16(4)12-6-7-12/h5,8-9,12H,6-7H2,1-4H3,(H,17,18). The van der Waals surface area contributed by atoms with Gasteiger partial charge in [0.05, 0.1) is 0 Å². The summed E-state index contributed by atoms with van der Waals surface area (Å²) in [5.74, 6) is -0.774. The lowest BCUT2D eigenvalue weighted by atomic mass is 9.86. The SMILES string of the molecule is Cc1ccc(C(C)(C(=O)O)N(C)C2CC2)c(C)c1.